The molecule has 0 amide bonds. The number of carbonyl (C=O) groups is 1. The Morgan fingerprint density at radius 1 is 1.28 bits per heavy atom. The summed E-state index contributed by atoms with van der Waals surface area (Å²) < 4.78 is 8.07. The number of aromatic carboxylic acids is 1. The highest BCUT2D eigenvalue weighted by atomic mass is 16.5. The number of nitrogens with zero attached hydrogens (tertiary/aromatic N) is 2. The van der Waals surface area contributed by atoms with Crippen LogP contribution in [0.15, 0.2) is 47.5 Å². The largest absolute Gasteiger partial charge is 0.477 e. The zero-order valence-electron chi connectivity index (χ0n) is 15.4. The number of carboxylic acids is 1. The number of hydrogen-bond donors (Lipinski definition) is 2. The molecule has 7 nitrogen and oxygen atoms in total. The highest BCUT2D eigenvalue weighted by Crippen LogP contribution is 2.51. The topological polar surface area (TPSA) is 97.2 Å². The van der Waals surface area contributed by atoms with E-state index < -0.39 is 11.4 Å². The van der Waals surface area contributed by atoms with Crippen LogP contribution in [0.3, 0.4) is 0 Å². The number of H-pyrrole nitrogens is 1. The van der Waals surface area contributed by atoms with Crippen molar-refractivity contribution in [3.05, 3.63) is 75.3 Å². The SMILES string of the molecule is O=C(O)c1cn2c(cc1=O)C1=C(c3cccc(-c4ccn[nH]4)c3C1)[C@H]1OCC[C@H]12. The number of hydrogen-bond acceptors (Lipinski definition) is 4. The molecular formula is C22H17N3O4. The first-order valence-corrected chi connectivity index (χ1v) is 9.60. The van der Waals surface area contributed by atoms with Crippen LogP contribution in [-0.4, -0.2) is 38.6 Å². The van der Waals surface area contributed by atoms with E-state index in [1.54, 1.807) is 6.20 Å². The summed E-state index contributed by atoms with van der Waals surface area (Å²) in [4.78, 5) is 24.0. The summed E-state index contributed by atoms with van der Waals surface area (Å²) in [6.45, 7) is 0.607. The molecule has 7 heteroatoms. The Balaban J connectivity index is 1.60. The smallest absolute Gasteiger partial charge is 0.341 e. The van der Waals surface area contributed by atoms with Crippen molar-refractivity contribution in [1.29, 1.82) is 0 Å². The maximum atomic E-state index is 12.5. The summed E-state index contributed by atoms with van der Waals surface area (Å²) in [5.41, 5.74) is 6.67. The number of rotatable bonds is 2. The Labute approximate surface area is 165 Å². The van der Waals surface area contributed by atoms with Gasteiger partial charge >= 0.3 is 5.97 Å². The molecule has 1 fully saturated rings. The van der Waals surface area contributed by atoms with Crippen molar-refractivity contribution in [2.75, 3.05) is 6.61 Å². The summed E-state index contributed by atoms with van der Waals surface area (Å²) >= 11 is 0. The first-order valence-electron chi connectivity index (χ1n) is 9.60. The Morgan fingerprint density at radius 2 is 2.14 bits per heavy atom. The molecule has 4 heterocycles. The molecule has 3 aliphatic rings. The lowest BCUT2D eigenvalue weighted by atomic mass is 9.89. The molecule has 0 radical (unpaired) electrons. The summed E-state index contributed by atoms with van der Waals surface area (Å²) in [7, 11) is 0. The summed E-state index contributed by atoms with van der Waals surface area (Å²) in [6, 6.07) is 9.62. The minimum atomic E-state index is -1.20. The van der Waals surface area contributed by atoms with Crippen LogP contribution in [0.5, 0.6) is 0 Å². The number of fused-ring (bicyclic) bond motifs is 7. The Hall–Kier alpha value is -3.45. The van der Waals surface area contributed by atoms with Gasteiger partial charge in [-0.3, -0.25) is 9.89 Å². The van der Waals surface area contributed by atoms with Crippen molar-refractivity contribution in [2.24, 2.45) is 0 Å². The van der Waals surface area contributed by atoms with Gasteiger partial charge in [-0.05, 0) is 34.8 Å². The predicted molar refractivity (Wildman–Crippen MR) is 106 cm³/mol. The maximum Gasteiger partial charge on any atom is 0.341 e. The first kappa shape index (κ1) is 16.5. The van der Waals surface area contributed by atoms with Gasteiger partial charge in [0, 0.05) is 42.7 Å². The Morgan fingerprint density at radius 3 is 2.93 bits per heavy atom. The van der Waals surface area contributed by atoms with Crippen molar-refractivity contribution >= 4 is 17.1 Å². The van der Waals surface area contributed by atoms with Crippen LogP contribution in [-0.2, 0) is 11.2 Å². The van der Waals surface area contributed by atoms with Gasteiger partial charge in [0.25, 0.3) is 0 Å². The summed E-state index contributed by atoms with van der Waals surface area (Å²) in [6.07, 6.45) is 4.54. The first-order chi connectivity index (χ1) is 14.1. The number of aromatic nitrogens is 3. The fourth-order valence-corrected chi connectivity index (χ4v) is 5.04. The molecule has 2 aliphatic heterocycles. The average Bonchev–Trinajstić information content (AvgIpc) is 3.45. The monoisotopic (exact) mass is 387 g/mol. The van der Waals surface area contributed by atoms with Gasteiger partial charge in [0.05, 0.1) is 11.7 Å². The van der Waals surface area contributed by atoms with Crippen LogP contribution in [0, 0.1) is 0 Å². The van der Waals surface area contributed by atoms with Crippen LogP contribution in [0.2, 0.25) is 0 Å². The fraction of sp³-hybridized carbons (Fsp3) is 0.227. The second-order valence-corrected chi connectivity index (χ2v) is 7.67. The van der Waals surface area contributed by atoms with Crippen molar-refractivity contribution in [3.8, 4) is 11.3 Å². The van der Waals surface area contributed by atoms with E-state index >= 15 is 0 Å². The zero-order valence-corrected chi connectivity index (χ0v) is 15.4. The third kappa shape index (κ3) is 2.19. The third-order valence-electron chi connectivity index (χ3n) is 6.26. The molecule has 1 aromatic carbocycles. The van der Waals surface area contributed by atoms with Gasteiger partial charge in [-0.25, -0.2) is 4.79 Å². The van der Waals surface area contributed by atoms with E-state index in [1.807, 2.05) is 16.7 Å². The van der Waals surface area contributed by atoms with Crippen LogP contribution in [0.25, 0.3) is 22.4 Å². The average molecular weight is 387 g/mol. The molecule has 3 aromatic rings. The quantitative estimate of drug-likeness (QED) is 0.705. The van der Waals surface area contributed by atoms with E-state index in [2.05, 4.69) is 22.3 Å². The van der Waals surface area contributed by atoms with Crippen LogP contribution in [0.4, 0.5) is 0 Å². The minimum Gasteiger partial charge on any atom is -0.477 e. The molecule has 2 N–H and O–H groups in total. The molecule has 6 rings (SSSR count). The predicted octanol–water partition coefficient (Wildman–Crippen LogP) is 2.75. The molecule has 0 bridgehead atoms. The maximum absolute atomic E-state index is 12.5. The fourth-order valence-electron chi connectivity index (χ4n) is 5.04. The van der Waals surface area contributed by atoms with Gasteiger partial charge in [-0.2, -0.15) is 5.10 Å². The van der Waals surface area contributed by atoms with E-state index in [0.29, 0.717) is 13.0 Å². The lowest BCUT2D eigenvalue weighted by Crippen LogP contribution is -2.31. The lowest BCUT2D eigenvalue weighted by Gasteiger charge is -2.32. The molecule has 0 unspecified atom stereocenters. The Bertz CT molecular complexity index is 1270. The van der Waals surface area contributed by atoms with Crippen molar-refractivity contribution in [2.45, 2.75) is 25.0 Å². The van der Waals surface area contributed by atoms with Gasteiger partial charge in [0.2, 0.25) is 0 Å². The standard InChI is InChI=1S/C22H17N3O4/c26-19-9-18-14-8-13-11(16-4-6-23-24-16)2-1-3-12(13)20(14)21-17(5-7-29-21)25(18)10-15(19)22(27)28/h1-4,6,9-10,17,21H,5,7-8H2,(H,23,24)(H,27,28)/t17-,21+/m1/s1. The van der Waals surface area contributed by atoms with E-state index in [1.165, 1.54) is 17.8 Å². The third-order valence-corrected chi connectivity index (χ3v) is 6.26. The number of allylic oxidation sites excluding steroid dienone is 1. The van der Waals surface area contributed by atoms with Gasteiger partial charge in [0.1, 0.15) is 11.7 Å². The highest BCUT2D eigenvalue weighted by Gasteiger charge is 2.43. The molecule has 2 atom stereocenters. The molecule has 0 saturated carbocycles. The van der Waals surface area contributed by atoms with E-state index in [-0.39, 0.29) is 17.7 Å². The number of aromatic amines is 1. The highest BCUT2D eigenvalue weighted by molar-refractivity contribution is 6.01. The van der Waals surface area contributed by atoms with Crippen LogP contribution >= 0.6 is 0 Å². The molecular weight excluding hydrogens is 370 g/mol. The van der Waals surface area contributed by atoms with Crippen LogP contribution in [0.1, 0.15) is 39.6 Å². The Kier molecular flexibility index (Phi) is 3.29. The number of benzene rings is 1. The molecule has 1 saturated heterocycles. The summed E-state index contributed by atoms with van der Waals surface area (Å²) in [5.74, 6) is -1.20. The molecule has 144 valence electrons. The number of carboxylic acid groups (broad SMARTS) is 1. The van der Waals surface area contributed by atoms with E-state index in [0.717, 1.165) is 40.1 Å². The van der Waals surface area contributed by atoms with Gasteiger partial charge in [-0.1, -0.05) is 18.2 Å². The second-order valence-electron chi connectivity index (χ2n) is 7.67. The van der Waals surface area contributed by atoms with E-state index in [4.69, 9.17) is 4.74 Å². The van der Waals surface area contributed by atoms with Crippen molar-refractivity contribution in [1.82, 2.24) is 14.8 Å². The number of pyridine rings is 1. The lowest BCUT2D eigenvalue weighted by molar-refractivity contribution is 0.0693. The van der Waals surface area contributed by atoms with Gasteiger partial charge in [-0.15, -0.1) is 0 Å². The van der Waals surface area contributed by atoms with Gasteiger partial charge < -0.3 is 14.4 Å². The van der Waals surface area contributed by atoms with Gasteiger partial charge in [0.15, 0.2) is 5.43 Å². The molecule has 0 spiro atoms. The van der Waals surface area contributed by atoms with Crippen molar-refractivity contribution < 1.29 is 14.6 Å². The van der Waals surface area contributed by atoms with Crippen molar-refractivity contribution in [3.63, 3.8) is 0 Å². The minimum absolute atomic E-state index is 0.00999. The van der Waals surface area contributed by atoms with E-state index in [9.17, 15) is 14.7 Å². The normalized spacial score (nSPS) is 21.5. The molecule has 1 aliphatic carbocycles. The molecule has 2 aromatic heterocycles. The number of ether oxygens (including phenoxy) is 1. The second kappa shape index (κ2) is 5.78. The summed E-state index contributed by atoms with van der Waals surface area (Å²) in [5, 5.41) is 16.5. The number of nitrogens with one attached hydrogen (secondary N) is 1. The van der Waals surface area contributed by atoms with Crippen LogP contribution < -0.4 is 5.43 Å². The zero-order chi connectivity index (χ0) is 19.7. The molecule has 29 heavy (non-hydrogen) atoms.